The predicted molar refractivity (Wildman–Crippen MR) is 178 cm³/mol. The van der Waals surface area contributed by atoms with E-state index in [1.165, 1.54) is 84.8 Å². The Kier molecular flexibility index (Phi) is 4.74. The van der Waals surface area contributed by atoms with Crippen LogP contribution >= 0.6 is 22.7 Å². The average molecular weight is 543 g/mol. The zero-order chi connectivity index (χ0) is 26.2. The third-order valence-electron chi connectivity index (χ3n) is 8.34. The van der Waals surface area contributed by atoms with Crippen LogP contribution in [0.3, 0.4) is 0 Å². The fraction of sp³-hybridized carbons (Fsp3) is 0. The quantitative estimate of drug-likeness (QED) is 0.191. The Morgan fingerprint density at radius 3 is 1.70 bits per heavy atom. The van der Waals surface area contributed by atoms with E-state index in [1.807, 2.05) is 22.7 Å². The van der Waals surface area contributed by atoms with Crippen LogP contribution in [0.25, 0.3) is 84.8 Å². The molecule has 0 aliphatic rings. The molecule has 9 aromatic rings. The highest BCUT2D eigenvalue weighted by atomic mass is 32.1. The summed E-state index contributed by atoms with van der Waals surface area (Å²) in [5.74, 6) is 0. The van der Waals surface area contributed by atoms with E-state index >= 15 is 0 Å². The summed E-state index contributed by atoms with van der Waals surface area (Å²) in [4.78, 5) is 0. The zero-order valence-corrected chi connectivity index (χ0v) is 23.2. The molecule has 2 aromatic heterocycles. The van der Waals surface area contributed by atoms with Gasteiger partial charge < -0.3 is 0 Å². The van der Waals surface area contributed by atoms with E-state index in [2.05, 4.69) is 133 Å². The minimum absolute atomic E-state index is 1.27. The van der Waals surface area contributed by atoms with Crippen LogP contribution in [-0.4, -0.2) is 0 Å². The van der Waals surface area contributed by atoms with Gasteiger partial charge in [0, 0.05) is 24.9 Å². The van der Waals surface area contributed by atoms with Crippen molar-refractivity contribution < 1.29 is 0 Å². The standard InChI is InChI=1S/C38H22S2/c1-2-11-25-23(9-1)10-7-16-26(25)34-27-12-3-5-14-29(27)35(30-15-6-4-13-28(30)34)31-17-8-18-32-36(31)37-33(40-32)20-19-24-21-22-39-38(24)37/h1-22H. The number of hydrogen-bond acceptors (Lipinski definition) is 2. The van der Waals surface area contributed by atoms with Gasteiger partial charge in [-0.05, 0) is 83.5 Å². The molecule has 0 N–H and O–H groups in total. The molecule has 0 saturated carbocycles. The summed E-state index contributed by atoms with van der Waals surface area (Å²) in [5, 5.41) is 14.1. The van der Waals surface area contributed by atoms with Crippen LogP contribution in [0.2, 0.25) is 0 Å². The Hall–Kier alpha value is -4.50. The van der Waals surface area contributed by atoms with Gasteiger partial charge in [0.25, 0.3) is 0 Å². The second-order valence-electron chi connectivity index (χ2n) is 10.4. The fourth-order valence-corrected chi connectivity index (χ4v) is 8.85. The van der Waals surface area contributed by atoms with Gasteiger partial charge in [0.1, 0.15) is 0 Å². The molecule has 0 unspecified atom stereocenters. The van der Waals surface area contributed by atoms with Crippen LogP contribution in [0.5, 0.6) is 0 Å². The molecule has 0 bridgehead atoms. The smallest absolute Gasteiger partial charge is 0.0436 e. The molecule has 0 nitrogen and oxygen atoms in total. The monoisotopic (exact) mass is 542 g/mol. The van der Waals surface area contributed by atoms with E-state index < -0.39 is 0 Å². The lowest BCUT2D eigenvalue weighted by atomic mass is 9.84. The number of fused-ring (bicyclic) bond motifs is 8. The molecule has 2 heterocycles. The molecule has 9 rings (SSSR count). The first-order chi connectivity index (χ1) is 19.9. The van der Waals surface area contributed by atoms with Crippen molar-refractivity contribution in [1.29, 1.82) is 0 Å². The lowest BCUT2D eigenvalue weighted by molar-refractivity contribution is 1.69. The van der Waals surface area contributed by atoms with Crippen molar-refractivity contribution in [3.63, 3.8) is 0 Å². The molecule has 0 amide bonds. The van der Waals surface area contributed by atoms with Gasteiger partial charge in [0.2, 0.25) is 0 Å². The second-order valence-corrected chi connectivity index (χ2v) is 12.4. The molecule has 0 saturated heterocycles. The Labute approximate surface area is 239 Å². The highest BCUT2D eigenvalue weighted by molar-refractivity contribution is 7.27. The molecular formula is C38H22S2. The molecule has 0 radical (unpaired) electrons. The maximum Gasteiger partial charge on any atom is 0.0436 e. The predicted octanol–water partition coefficient (Wildman–Crippen LogP) is 12.1. The Morgan fingerprint density at radius 1 is 0.375 bits per heavy atom. The van der Waals surface area contributed by atoms with E-state index in [0.717, 1.165) is 0 Å². The van der Waals surface area contributed by atoms with Gasteiger partial charge >= 0.3 is 0 Å². The van der Waals surface area contributed by atoms with Crippen molar-refractivity contribution in [3.8, 4) is 22.3 Å². The first-order valence-electron chi connectivity index (χ1n) is 13.6. The lowest BCUT2D eigenvalue weighted by Gasteiger charge is -2.19. The maximum absolute atomic E-state index is 2.34. The topological polar surface area (TPSA) is 0 Å². The normalized spacial score (nSPS) is 12.0. The fourth-order valence-electron chi connectivity index (χ4n) is 6.69. The molecule has 186 valence electrons. The van der Waals surface area contributed by atoms with Crippen molar-refractivity contribution in [2.75, 3.05) is 0 Å². The summed E-state index contributed by atoms with van der Waals surface area (Å²) < 4.78 is 4.09. The van der Waals surface area contributed by atoms with Gasteiger partial charge in [0.15, 0.2) is 0 Å². The van der Waals surface area contributed by atoms with Gasteiger partial charge in [0.05, 0.1) is 0 Å². The molecule has 40 heavy (non-hydrogen) atoms. The van der Waals surface area contributed by atoms with Crippen molar-refractivity contribution in [2.24, 2.45) is 0 Å². The maximum atomic E-state index is 2.34. The van der Waals surface area contributed by atoms with Gasteiger partial charge in [-0.25, -0.2) is 0 Å². The van der Waals surface area contributed by atoms with Gasteiger partial charge in [-0.3, -0.25) is 0 Å². The molecule has 7 aromatic carbocycles. The van der Waals surface area contributed by atoms with Crippen LogP contribution in [0.15, 0.2) is 133 Å². The van der Waals surface area contributed by atoms with Gasteiger partial charge in [-0.1, -0.05) is 109 Å². The minimum Gasteiger partial charge on any atom is -0.143 e. The highest BCUT2D eigenvalue weighted by Crippen LogP contribution is 2.50. The molecule has 2 heteroatoms. The van der Waals surface area contributed by atoms with E-state index in [9.17, 15) is 0 Å². The van der Waals surface area contributed by atoms with Crippen LogP contribution in [0.4, 0.5) is 0 Å². The van der Waals surface area contributed by atoms with Gasteiger partial charge in [-0.2, -0.15) is 0 Å². The van der Waals surface area contributed by atoms with Crippen molar-refractivity contribution in [2.45, 2.75) is 0 Å². The Balaban J connectivity index is 1.50. The number of hydrogen-bond donors (Lipinski definition) is 0. The molecule has 0 fully saturated rings. The van der Waals surface area contributed by atoms with Crippen LogP contribution in [-0.2, 0) is 0 Å². The van der Waals surface area contributed by atoms with E-state index in [4.69, 9.17) is 0 Å². The Morgan fingerprint density at radius 2 is 0.950 bits per heavy atom. The number of benzene rings is 7. The summed E-state index contributed by atoms with van der Waals surface area (Å²) >= 11 is 3.76. The summed E-state index contributed by atoms with van der Waals surface area (Å²) in [6.07, 6.45) is 0. The van der Waals surface area contributed by atoms with E-state index in [-0.39, 0.29) is 0 Å². The molecule has 0 spiro atoms. The molecule has 0 atom stereocenters. The summed E-state index contributed by atoms with van der Waals surface area (Å²) in [6, 6.07) is 47.1. The largest absolute Gasteiger partial charge is 0.143 e. The second kappa shape index (κ2) is 8.50. The first-order valence-corrected chi connectivity index (χ1v) is 15.3. The van der Waals surface area contributed by atoms with Crippen molar-refractivity contribution in [1.82, 2.24) is 0 Å². The number of thiophene rings is 2. The SMILES string of the molecule is c1ccc2c(-c3c4ccccc4c(-c4cccc5sc6ccc7ccsc7c6c45)c4ccccc34)cccc2c1. The molecular weight excluding hydrogens is 521 g/mol. The van der Waals surface area contributed by atoms with Gasteiger partial charge in [-0.15, -0.1) is 22.7 Å². The third-order valence-corrected chi connectivity index (χ3v) is 10.4. The highest BCUT2D eigenvalue weighted by Gasteiger charge is 2.21. The molecule has 0 aliphatic carbocycles. The summed E-state index contributed by atoms with van der Waals surface area (Å²) in [5.41, 5.74) is 5.25. The molecule has 0 aliphatic heterocycles. The van der Waals surface area contributed by atoms with E-state index in [0.29, 0.717) is 0 Å². The van der Waals surface area contributed by atoms with Crippen LogP contribution < -0.4 is 0 Å². The summed E-state index contributed by atoms with van der Waals surface area (Å²) in [7, 11) is 0. The third kappa shape index (κ3) is 3.06. The average Bonchev–Trinajstić information content (AvgIpc) is 3.64. The van der Waals surface area contributed by atoms with Crippen molar-refractivity contribution in [3.05, 3.63) is 133 Å². The zero-order valence-electron chi connectivity index (χ0n) is 21.5. The van der Waals surface area contributed by atoms with Crippen LogP contribution in [0, 0.1) is 0 Å². The minimum atomic E-state index is 1.27. The van der Waals surface area contributed by atoms with Crippen molar-refractivity contribution >= 4 is 85.2 Å². The van der Waals surface area contributed by atoms with Crippen LogP contribution in [0.1, 0.15) is 0 Å². The Bertz CT molecular complexity index is 2370. The lowest BCUT2D eigenvalue weighted by Crippen LogP contribution is -1.92. The first kappa shape index (κ1) is 22.3. The summed E-state index contributed by atoms with van der Waals surface area (Å²) in [6.45, 7) is 0. The van der Waals surface area contributed by atoms with E-state index in [1.54, 1.807) is 0 Å². The number of rotatable bonds is 2.